The van der Waals surface area contributed by atoms with E-state index in [2.05, 4.69) is 6.08 Å². The van der Waals surface area contributed by atoms with E-state index in [0.29, 0.717) is 23.7 Å². The molecule has 19 heavy (non-hydrogen) atoms. The fraction of sp³-hybridized carbons (Fsp3) is 0.429. The van der Waals surface area contributed by atoms with Gasteiger partial charge in [-0.05, 0) is 50.5 Å². The van der Waals surface area contributed by atoms with Crippen LogP contribution in [0, 0.1) is 13.8 Å². The molecule has 0 spiro atoms. The maximum absolute atomic E-state index is 12.6. The highest BCUT2D eigenvalue weighted by Gasteiger charge is 2.26. The predicted octanol–water partition coefficient (Wildman–Crippen LogP) is 2.23. The molecule has 0 unspecified atom stereocenters. The molecule has 5 heteroatoms. The highest BCUT2D eigenvalue weighted by atomic mass is 32.2. The van der Waals surface area contributed by atoms with Crippen molar-refractivity contribution in [3.8, 4) is 0 Å². The van der Waals surface area contributed by atoms with E-state index in [1.54, 1.807) is 12.1 Å². The summed E-state index contributed by atoms with van der Waals surface area (Å²) in [6, 6.07) is 3.26. The Kier molecular flexibility index (Phi) is 3.69. The number of sulfonamides is 1. The van der Waals surface area contributed by atoms with E-state index in [0.717, 1.165) is 23.1 Å². The number of anilines is 1. The van der Waals surface area contributed by atoms with Crippen LogP contribution in [0.5, 0.6) is 0 Å². The average Bonchev–Trinajstić information content (AvgIpc) is 2.35. The molecule has 0 bridgehead atoms. The molecule has 2 N–H and O–H groups in total. The third-order valence-electron chi connectivity index (χ3n) is 3.62. The van der Waals surface area contributed by atoms with Gasteiger partial charge in [-0.1, -0.05) is 11.6 Å². The molecule has 2 rings (SSSR count). The van der Waals surface area contributed by atoms with E-state index in [1.807, 2.05) is 20.8 Å². The minimum atomic E-state index is -3.44. The smallest absolute Gasteiger partial charge is 0.243 e. The van der Waals surface area contributed by atoms with Gasteiger partial charge in [0.2, 0.25) is 10.0 Å². The molecule has 0 saturated carbocycles. The van der Waals surface area contributed by atoms with Crippen molar-refractivity contribution >= 4 is 15.7 Å². The number of benzene rings is 1. The fourth-order valence-electron chi connectivity index (χ4n) is 2.23. The summed E-state index contributed by atoms with van der Waals surface area (Å²) in [5.74, 6) is 0. The van der Waals surface area contributed by atoms with Gasteiger partial charge in [0.25, 0.3) is 0 Å². The highest BCUT2D eigenvalue weighted by Crippen LogP contribution is 2.25. The van der Waals surface area contributed by atoms with Gasteiger partial charge in [0.15, 0.2) is 0 Å². The van der Waals surface area contributed by atoms with Crippen molar-refractivity contribution in [2.24, 2.45) is 0 Å². The van der Waals surface area contributed by atoms with Crippen molar-refractivity contribution in [3.05, 3.63) is 34.9 Å². The van der Waals surface area contributed by atoms with E-state index in [4.69, 9.17) is 5.73 Å². The summed E-state index contributed by atoms with van der Waals surface area (Å²) in [5.41, 5.74) is 9.34. The van der Waals surface area contributed by atoms with E-state index < -0.39 is 10.0 Å². The zero-order valence-electron chi connectivity index (χ0n) is 11.6. The zero-order valence-corrected chi connectivity index (χ0v) is 12.4. The van der Waals surface area contributed by atoms with Gasteiger partial charge in [-0.15, -0.1) is 0 Å². The molecule has 0 atom stereocenters. The topological polar surface area (TPSA) is 63.4 Å². The van der Waals surface area contributed by atoms with Gasteiger partial charge in [-0.2, -0.15) is 4.31 Å². The standard InChI is InChI=1S/C14H20N2O2S/c1-10-5-4-6-16(9-10)19(17,18)13-7-11(2)12(3)14(15)8-13/h5,7-8H,4,6,9,15H2,1-3H3. The molecule has 1 aliphatic rings. The van der Waals surface area contributed by atoms with Crippen LogP contribution in [0.4, 0.5) is 5.69 Å². The van der Waals surface area contributed by atoms with Gasteiger partial charge in [0, 0.05) is 18.8 Å². The Morgan fingerprint density at radius 3 is 2.47 bits per heavy atom. The van der Waals surface area contributed by atoms with Gasteiger partial charge in [-0.25, -0.2) is 8.42 Å². The molecule has 0 amide bonds. The second-order valence-corrected chi connectivity index (χ2v) is 7.07. The number of rotatable bonds is 2. The summed E-state index contributed by atoms with van der Waals surface area (Å²) >= 11 is 0. The number of hydrogen-bond donors (Lipinski definition) is 1. The summed E-state index contributed by atoms with van der Waals surface area (Å²) < 4.78 is 26.7. The third-order valence-corrected chi connectivity index (χ3v) is 5.44. The Balaban J connectivity index is 2.43. The van der Waals surface area contributed by atoms with Crippen molar-refractivity contribution < 1.29 is 8.42 Å². The SMILES string of the molecule is CC1=CCCN(S(=O)(=O)c2cc(C)c(C)c(N)c2)C1. The fourth-order valence-corrected chi connectivity index (χ4v) is 3.85. The predicted molar refractivity (Wildman–Crippen MR) is 77.5 cm³/mol. The van der Waals surface area contributed by atoms with E-state index in [1.165, 1.54) is 4.31 Å². The summed E-state index contributed by atoms with van der Waals surface area (Å²) in [5, 5.41) is 0. The molecule has 0 radical (unpaired) electrons. The minimum absolute atomic E-state index is 0.294. The number of nitrogens with zero attached hydrogens (tertiary/aromatic N) is 1. The minimum Gasteiger partial charge on any atom is -0.398 e. The highest BCUT2D eigenvalue weighted by molar-refractivity contribution is 7.89. The summed E-state index contributed by atoms with van der Waals surface area (Å²) in [4.78, 5) is 0.294. The molecule has 1 aromatic carbocycles. The Labute approximate surface area is 115 Å². The lowest BCUT2D eigenvalue weighted by Gasteiger charge is -2.26. The lowest BCUT2D eigenvalue weighted by Crippen LogP contribution is -2.35. The molecule has 0 fully saturated rings. The van der Waals surface area contributed by atoms with Gasteiger partial charge in [-0.3, -0.25) is 0 Å². The van der Waals surface area contributed by atoms with Crippen molar-refractivity contribution in [3.63, 3.8) is 0 Å². The molecule has 1 aromatic rings. The van der Waals surface area contributed by atoms with Crippen molar-refractivity contribution in [2.45, 2.75) is 32.1 Å². The molecule has 0 aliphatic carbocycles. The van der Waals surface area contributed by atoms with E-state index in [-0.39, 0.29) is 0 Å². The maximum atomic E-state index is 12.6. The van der Waals surface area contributed by atoms with Crippen LogP contribution in [0.15, 0.2) is 28.7 Å². The van der Waals surface area contributed by atoms with Crippen molar-refractivity contribution in [2.75, 3.05) is 18.8 Å². The maximum Gasteiger partial charge on any atom is 0.243 e. The normalized spacial score (nSPS) is 17.3. The number of aryl methyl sites for hydroxylation is 1. The van der Waals surface area contributed by atoms with Crippen LogP contribution in [0.3, 0.4) is 0 Å². The average molecular weight is 280 g/mol. The quantitative estimate of drug-likeness (QED) is 0.667. The van der Waals surface area contributed by atoms with Crippen LogP contribution in [0.1, 0.15) is 24.5 Å². The van der Waals surface area contributed by atoms with E-state index >= 15 is 0 Å². The molecular weight excluding hydrogens is 260 g/mol. The molecule has 4 nitrogen and oxygen atoms in total. The first-order chi connectivity index (χ1) is 8.82. The van der Waals surface area contributed by atoms with Gasteiger partial charge >= 0.3 is 0 Å². The van der Waals surface area contributed by atoms with Crippen LogP contribution in [-0.2, 0) is 10.0 Å². The van der Waals surface area contributed by atoms with Crippen LogP contribution in [0.25, 0.3) is 0 Å². The van der Waals surface area contributed by atoms with Crippen molar-refractivity contribution in [1.29, 1.82) is 0 Å². The van der Waals surface area contributed by atoms with Gasteiger partial charge < -0.3 is 5.73 Å². The Morgan fingerprint density at radius 1 is 1.21 bits per heavy atom. The first-order valence-electron chi connectivity index (χ1n) is 6.35. The number of hydrogen-bond acceptors (Lipinski definition) is 3. The Morgan fingerprint density at radius 2 is 1.89 bits per heavy atom. The summed E-state index contributed by atoms with van der Waals surface area (Å²) in [6.45, 7) is 6.74. The lowest BCUT2D eigenvalue weighted by atomic mass is 10.1. The Hall–Kier alpha value is -1.33. The first-order valence-corrected chi connectivity index (χ1v) is 7.79. The second kappa shape index (κ2) is 4.98. The number of nitrogens with two attached hydrogens (primary N) is 1. The van der Waals surface area contributed by atoms with Crippen LogP contribution < -0.4 is 5.73 Å². The summed E-state index contributed by atoms with van der Waals surface area (Å²) in [6.07, 6.45) is 2.85. The van der Waals surface area contributed by atoms with Crippen LogP contribution in [-0.4, -0.2) is 25.8 Å². The molecule has 0 aromatic heterocycles. The second-order valence-electron chi connectivity index (χ2n) is 5.13. The van der Waals surface area contributed by atoms with Crippen molar-refractivity contribution in [1.82, 2.24) is 4.31 Å². The lowest BCUT2D eigenvalue weighted by molar-refractivity contribution is 0.428. The van der Waals surface area contributed by atoms with E-state index in [9.17, 15) is 8.42 Å². The van der Waals surface area contributed by atoms with Gasteiger partial charge in [0.05, 0.1) is 4.90 Å². The molecular formula is C14H20N2O2S. The largest absolute Gasteiger partial charge is 0.398 e. The molecule has 1 aliphatic heterocycles. The van der Waals surface area contributed by atoms with Crippen LogP contribution >= 0.6 is 0 Å². The molecule has 1 heterocycles. The third kappa shape index (κ3) is 2.67. The molecule has 0 saturated heterocycles. The molecule has 104 valence electrons. The summed E-state index contributed by atoms with van der Waals surface area (Å²) in [7, 11) is -3.44. The van der Waals surface area contributed by atoms with Crippen LogP contribution in [0.2, 0.25) is 0 Å². The van der Waals surface area contributed by atoms with Gasteiger partial charge in [0.1, 0.15) is 0 Å². The number of nitrogen functional groups attached to an aromatic ring is 1. The Bertz CT molecular complexity index is 610. The zero-order chi connectivity index (χ0) is 14.2. The monoisotopic (exact) mass is 280 g/mol. The first kappa shape index (κ1) is 14.1.